The Hall–Kier alpha value is -1.12. The number of fused-ring (bicyclic) bond motifs is 6. The van der Waals surface area contributed by atoms with Gasteiger partial charge in [0.15, 0.2) is 5.78 Å². The third-order valence-corrected chi connectivity index (χ3v) is 9.59. The molecule has 4 fully saturated rings. The molecule has 0 bridgehead atoms. The second-order valence-corrected chi connectivity index (χ2v) is 10.8. The molecule has 0 aromatic heterocycles. The average molecular weight is 401 g/mol. The summed E-state index contributed by atoms with van der Waals surface area (Å²) in [6.07, 6.45) is 12.9. The highest BCUT2D eigenvalue weighted by Gasteiger charge is 2.66. The molecule has 6 unspecified atom stereocenters. The van der Waals surface area contributed by atoms with Crippen LogP contribution in [0.3, 0.4) is 0 Å². The van der Waals surface area contributed by atoms with Crippen molar-refractivity contribution in [1.29, 1.82) is 0 Å². The molecule has 3 nitrogen and oxygen atoms in total. The highest BCUT2D eigenvalue weighted by atomic mass is 16.5. The lowest BCUT2D eigenvalue weighted by atomic mass is 9.44. The summed E-state index contributed by atoms with van der Waals surface area (Å²) in [5.74, 6) is 2.46. The summed E-state index contributed by atoms with van der Waals surface area (Å²) in [5.41, 5.74) is 2.25. The first-order chi connectivity index (χ1) is 13.8. The molecule has 0 heterocycles. The number of ether oxygens (including phenoxy) is 1. The van der Waals surface area contributed by atoms with Crippen molar-refractivity contribution in [3.05, 3.63) is 11.6 Å². The molecule has 29 heavy (non-hydrogen) atoms. The molecule has 0 saturated heterocycles. The molecule has 5 rings (SSSR count). The Bertz CT molecular complexity index is 717. The molecule has 0 aromatic rings. The Balaban J connectivity index is 0.000000994. The number of hydrogen-bond donors (Lipinski definition) is 0. The van der Waals surface area contributed by atoms with Crippen LogP contribution in [0.4, 0.5) is 0 Å². The van der Waals surface area contributed by atoms with Crippen molar-refractivity contribution in [2.75, 3.05) is 0 Å². The van der Waals surface area contributed by atoms with Crippen molar-refractivity contribution < 1.29 is 14.3 Å². The van der Waals surface area contributed by atoms with E-state index in [1.165, 1.54) is 44.1 Å². The summed E-state index contributed by atoms with van der Waals surface area (Å²) in [4.78, 5) is 24.2. The molecule has 5 aliphatic rings. The molecule has 0 aromatic carbocycles. The Kier molecular flexibility index (Phi) is 5.27. The van der Waals surface area contributed by atoms with Crippen LogP contribution >= 0.6 is 0 Å². The minimum absolute atomic E-state index is 0.0331. The monoisotopic (exact) mass is 400 g/mol. The van der Waals surface area contributed by atoms with Crippen molar-refractivity contribution in [2.45, 2.75) is 105 Å². The molecule has 5 aliphatic carbocycles. The average Bonchev–Trinajstić information content (AvgIpc) is 3.41. The molecule has 0 N–H and O–H groups in total. The normalized spacial score (nSPS) is 43.9. The van der Waals surface area contributed by atoms with Gasteiger partial charge in [-0.1, -0.05) is 40.2 Å². The maximum atomic E-state index is 12.2. The van der Waals surface area contributed by atoms with Gasteiger partial charge in [0, 0.05) is 18.3 Å². The first-order valence-corrected chi connectivity index (χ1v) is 12.3. The van der Waals surface area contributed by atoms with Gasteiger partial charge >= 0.3 is 5.97 Å². The van der Waals surface area contributed by atoms with E-state index in [2.05, 4.69) is 19.9 Å². The third kappa shape index (κ3) is 3.05. The van der Waals surface area contributed by atoms with Crippen LogP contribution in [-0.4, -0.2) is 17.9 Å². The van der Waals surface area contributed by atoms with Crippen molar-refractivity contribution in [3.63, 3.8) is 0 Å². The topological polar surface area (TPSA) is 43.4 Å². The number of ketones is 1. The van der Waals surface area contributed by atoms with Gasteiger partial charge in [-0.15, -0.1) is 0 Å². The summed E-state index contributed by atoms with van der Waals surface area (Å²) < 4.78 is 5.93. The van der Waals surface area contributed by atoms with Crippen molar-refractivity contribution in [3.8, 4) is 0 Å². The predicted molar refractivity (Wildman–Crippen MR) is 115 cm³/mol. The SMILES string of the molecule is CC.CCC(=O)OC1CCC2C3CC4(CC4)C4=CC(=O)CCC4(C)C3CCC12C. The molecule has 0 aliphatic heterocycles. The van der Waals surface area contributed by atoms with E-state index in [0.717, 1.165) is 25.2 Å². The quantitative estimate of drug-likeness (QED) is 0.514. The summed E-state index contributed by atoms with van der Waals surface area (Å²) in [5, 5.41) is 0. The number of carbonyl (C=O) groups is 2. The highest BCUT2D eigenvalue weighted by Crippen LogP contribution is 2.74. The van der Waals surface area contributed by atoms with E-state index in [1.54, 1.807) is 0 Å². The zero-order chi connectivity index (χ0) is 21.0. The van der Waals surface area contributed by atoms with Crippen LogP contribution in [0.15, 0.2) is 11.6 Å². The zero-order valence-electron chi connectivity index (χ0n) is 19.2. The van der Waals surface area contributed by atoms with E-state index < -0.39 is 0 Å². The predicted octanol–water partition coefficient (Wildman–Crippen LogP) is 6.26. The fraction of sp³-hybridized carbons (Fsp3) is 0.846. The van der Waals surface area contributed by atoms with E-state index in [0.29, 0.717) is 29.5 Å². The van der Waals surface area contributed by atoms with Crippen LogP contribution in [0, 0.1) is 34.0 Å². The summed E-state index contributed by atoms with van der Waals surface area (Å²) >= 11 is 0. The van der Waals surface area contributed by atoms with Crippen LogP contribution in [-0.2, 0) is 14.3 Å². The number of carbonyl (C=O) groups excluding carboxylic acids is 2. The third-order valence-electron chi connectivity index (χ3n) is 9.59. The van der Waals surface area contributed by atoms with Gasteiger partial charge in [-0.05, 0) is 86.0 Å². The van der Waals surface area contributed by atoms with E-state index in [1.807, 2.05) is 20.8 Å². The lowest BCUT2D eigenvalue weighted by Gasteiger charge is -2.60. The minimum atomic E-state index is -0.0331. The maximum absolute atomic E-state index is 12.2. The van der Waals surface area contributed by atoms with Crippen LogP contribution in [0.2, 0.25) is 0 Å². The molecule has 3 heteroatoms. The fourth-order valence-corrected chi connectivity index (χ4v) is 8.00. The van der Waals surface area contributed by atoms with Gasteiger partial charge < -0.3 is 4.74 Å². The van der Waals surface area contributed by atoms with Crippen LogP contribution < -0.4 is 0 Å². The molecular weight excluding hydrogens is 360 g/mol. The molecule has 162 valence electrons. The van der Waals surface area contributed by atoms with Gasteiger partial charge in [0.25, 0.3) is 0 Å². The second-order valence-electron chi connectivity index (χ2n) is 10.8. The smallest absolute Gasteiger partial charge is 0.305 e. The van der Waals surface area contributed by atoms with Crippen LogP contribution in [0.1, 0.15) is 98.8 Å². The molecule has 1 spiro atoms. The number of hydrogen-bond acceptors (Lipinski definition) is 3. The zero-order valence-corrected chi connectivity index (χ0v) is 19.2. The largest absolute Gasteiger partial charge is 0.462 e. The number of allylic oxidation sites excluding steroid dienone is 1. The Morgan fingerprint density at radius 3 is 2.45 bits per heavy atom. The molecule has 6 atom stereocenters. The van der Waals surface area contributed by atoms with Gasteiger partial charge in [-0.2, -0.15) is 0 Å². The van der Waals surface area contributed by atoms with E-state index in [9.17, 15) is 9.59 Å². The first kappa shape index (κ1) is 21.1. The Morgan fingerprint density at radius 1 is 1.07 bits per heavy atom. The fourth-order valence-electron chi connectivity index (χ4n) is 8.00. The maximum Gasteiger partial charge on any atom is 0.305 e. The lowest BCUT2D eigenvalue weighted by molar-refractivity contribution is -0.160. The van der Waals surface area contributed by atoms with Crippen molar-refractivity contribution >= 4 is 11.8 Å². The number of rotatable bonds is 2. The van der Waals surface area contributed by atoms with Gasteiger partial charge in [0.1, 0.15) is 6.10 Å². The Morgan fingerprint density at radius 2 is 1.79 bits per heavy atom. The molecular formula is C26H40O3. The molecule has 0 radical (unpaired) electrons. The first-order valence-electron chi connectivity index (χ1n) is 12.3. The second kappa shape index (κ2) is 7.24. The Labute approximate surface area is 177 Å². The highest BCUT2D eigenvalue weighted by molar-refractivity contribution is 5.92. The van der Waals surface area contributed by atoms with Crippen molar-refractivity contribution in [2.24, 2.45) is 34.0 Å². The van der Waals surface area contributed by atoms with Crippen LogP contribution in [0.25, 0.3) is 0 Å². The lowest BCUT2D eigenvalue weighted by Crippen LogP contribution is -2.54. The summed E-state index contributed by atoms with van der Waals surface area (Å²) in [7, 11) is 0. The van der Waals surface area contributed by atoms with Gasteiger partial charge in [-0.25, -0.2) is 0 Å². The molecule has 4 saturated carbocycles. The molecule has 0 amide bonds. The van der Waals surface area contributed by atoms with E-state index in [-0.39, 0.29) is 22.9 Å². The van der Waals surface area contributed by atoms with Gasteiger partial charge in [0.05, 0.1) is 0 Å². The van der Waals surface area contributed by atoms with E-state index in [4.69, 9.17) is 4.74 Å². The van der Waals surface area contributed by atoms with E-state index >= 15 is 0 Å². The van der Waals surface area contributed by atoms with Crippen molar-refractivity contribution in [1.82, 2.24) is 0 Å². The van der Waals surface area contributed by atoms with Gasteiger partial charge in [0.2, 0.25) is 0 Å². The number of esters is 1. The minimum Gasteiger partial charge on any atom is -0.462 e. The van der Waals surface area contributed by atoms with Gasteiger partial charge in [-0.3, -0.25) is 9.59 Å². The van der Waals surface area contributed by atoms with Crippen LogP contribution in [0.5, 0.6) is 0 Å². The standard InChI is InChI=1S/C24H34O3.C2H6/c1-4-21(26)27-20-6-5-17-16-14-24(11-12-24)19-13-15(25)7-9-22(19,2)18(16)8-10-23(17,20)3;1-2/h13,16-18,20H,4-12,14H2,1-3H3;1-2H3. The summed E-state index contributed by atoms with van der Waals surface area (Å²) in [6, 6.07) is 0. The summed E-state index contributed by atoms with van der Waals surface area (Å²) in [6.45, 7) is 10.8.